The molecule has 3 aliphatic rings. The monoisotopic (exact) mass is 430 g/mol. The molecule has 8 nitrogen and oxygen atoms in total. The molecule has 3 rings (SSSR count). The average Bonchev–Trinajstić information content (AvgIpc) is 2.73. The maximum atomic E-state index is 12.9. The van der Waals surface area contributed by atoms with Crippen LogP contribution >= 0.6 is 0 Å². The molecule has 168 valence electrons. The van der Waals surface area contributed by atoms with E-state index in [0.717, 1.165) is 25.8 Å². The van der Waals surface area contributed by atoms with Gasteiger partial charge in [-0.15, -0.1) is 0 Å². The van der Waals surface area contributed by atoms with Crippen LogP contribution in [-0.4, -0.2) is 92.4 Å². The highest BCUT2D eigenvalue weighted by molar-refractivity contribution is 7.86. The Morgan fingerprint density at radius 2 is 1.69 bits per heavy atom. The minimum Gasteiger partial charge on any atom is -0.379 e. The van der Waals surface area contributed by atoms with Crippen molar-refractivity contribution in [2.24, 2.45) is 5.92 Å². The molecule has 0 saturated carbocycles. The Morgan fingerprint density at radius 1 is 1.00 bits per heavy atom. The first-order valence-electron chi connectivity index (χ1n) is 11.3. The van der Waals surface area contributed by atoms with E-state index in [9.17, 15) is 13.2 Å². The first-order chi connectivity index (χ1) is 13.9. The third-order valence-electron chi connectivity index (χ3n) is 6.65. The molecule has 0 unspecified atom stereocenters. The van der Waals surface area contributed by atoms with Crippen molar-refractivity contribution >= 4 is 16.1 Å². The molecule has 3 aliphatic heterocycles. The predicted octanol–water partition coefficient (Wildman–Crippen LogP) is 1.04. The predicted molar refractivity (Wildman–Crippen MR) is 113 cm³/mol. The second-order valence-corrected chi connectivity index (χ2v) is 10.7. The van der Waals surface area contributed by atoms with Crippen molar-refractivity contribution < 1.29 is 17.9 Å². The molecule has 1 amide bonds. The van der Waals surface area contributed by atoms with Gasteiger partial charge in [-0.3, -0.25) is 9.69 Å². The third-order valence-corrected chi connectivity index (χ3v) is 8.65. The molecule has 0 bridgehead atoms. The molecule has 3 saturated heterocycles. The van der Waals surface area contributed by atoms with Crippen molar-refractivity contribution in [3.05, 3.63) is 0 Å². The Balaban J connectivity index is 1.43. The summed E-state index contributed by atoms with van der Waals surface area (Å²) in [5.74, 6) is -0.265. The van der Waals surface area contributed by atoms with E-state index in [4.69, 9.17) is 4.74 Å². The van der Waals surface area contributed by atoms with Crippen molar-refractivity contribution in [3.63, 3.8) is 0 Å². The van der Waals surface area contributed by atoms with Gasteiger partial charge in [0.05, 0.1) is 19.1 Å². The first-order valence-corrected chi connectivity index (χ1v) is 12.7. The second-order valence-electron chi connectivity index (χ2n) is 8.73. The van der Waals surface area contributed by atoms with Crippen LogP contribution in [0.15, 0.2) is 0 Å². The summed E-state index contributed by atoms with van der Waals surface area (Å²) in [6, 6.07) is 1.23. The van der Waals surface area contributed by atoms with Crippen molar-refractivity contribution in [2.75, 3.05) is 52.5 Å². The van der Waals surface area contributed by atoms with Crippen molar-refractivity contribution in [3.8, 4) is 0 Å². The van der Waals surface area contributed by atoms with Gasteiger partial charge >= 0.3 is 0 Å². The standard InChI is InChI=1S/C20H38N4O4S/c1-17-6-3-7-18(2)24(17)11-5-9-21-20(25)19-8-4-10-23(16-19)29(26,27)22-12-14-28-15-13-22/h17-19H,3-16H2,1-2H3,(H,21,25)/t17-,18-,19+/m1/s1. The fourth-order valence-corrected chi connectivity index (χ4v) is 6.50. The van der Waals surface area contributed by atoms with Crippen LogP contribution in [0.5, 0.6) is 0 Å². The number of amides is 1. The van der Waals surface area contributed by atoms with Crippen LogP contribution in [0.1, 0.15) is 52.4 Å². The molecule has 3 fully saturated rings. The van der Waals surface area contributed by atoms with Crippen LogP contribution < -0.4 is 5.32 Å². The molecule has 1 N–H and O–H groups in total. The van der Waals surface area contributed by atoms with E-state index in [1.54, 1.807) is 0 Å². The van der Waals surface area contributed by atoms with Gasteiger partial charge in [-0.1, -0.05) is 6.42 Å². The lowest BCUT2D eigenvalue weighted by Crippen LogP contribution is -2.53. The van der Waals surface area contributed by atoms with Crippen LogP contribution in [0.4, 0.5) is 0 Å². The topological polar surface area (TPSA) is 82.2 Å². The van der Waals surface area contributed by atoms with Gasteiger partial charge in [0.25, 0.3) is 10.2 Å². The van der Waals surface area contributed by atoms with E-state index in [2.05, 4.69) is 24.1 Å². The number of nitrogens with zero attached hydrogens (tertiary/aromatic N) is 3. The molecule has 3 heterocycles. The minimum absolute atomic E-state index is 0.00776. The van der Waals surface area contributed by atoms with E-state index >= 15 is 0 Å². The van der Waals surface area contributed by atoms with Crippen molar-refractivity contribution in [1.29, 1.82) is 0 Å². The minimum atomic E-state index is -3.50. The van der Waals surface area contributed by atoms with Gasteiger partial charge in [-0.2, -0.15) is 17.0 Å². The van der Waals surface area contributed by atoms with Gasteiger partial charge in [0.1, 0.15) is 0 Å². The lowest BCUT2D eigenvalue weighted by Gasteiger charge is -2.39. The Kier molecular flexibility index (Phi) is 8.32. The van der Waals surface area contributed by atoms with Gasteiger partial charge in [-0.25, -0.2) is 0 Å². The van der Waals surface area contributed by atoms with E-state index in [0.29, 0.717) is 51.5 Å². The Labute approximate surface area is 176 Å². The smallest absolute Gasteiger partial charge is 0.282 e. The summed E-state index contributed by atoms with van der Waals surface area (Å²) in [6.45, 7) is 8.67. The number of carbonyl (C=O) groups is 1. The zero-order valence-electron chi connectivity index (χ0n) is 18.0. The fourth-order valence-electron chi connectivity index (χ4n) is 4.84. The van der Waals surface area contributed by atoms with E-state index < -0.39 is 10.2 Å². The van der Waals surface area contributed by atoms with Crippen LogP contribution in [0.2, 0.25) is 0 Å². The highest BCUT2D eigenvalue weighted by Crippen LogP contribution is 2.23. The van der Waals surface area contributed by atoms with Crippen LogP contribution in [0, 0.1) is 5.92 Å². The molecule has 0 aromatic rings. The summed E-state index contributed by atoms with van der Waals surface area (Å²) in [7, 11) is -3.50. The normalized spacial score (nSPS) is 30.9. The number of morpholine rings is 1. The van der Waals surface area contributed by atoms with Crippen LogP contribution in [0.3, 0.4) is 0 Å². The molecular formula is C20H38N4O4S. The SMILES string of the molecule is C[C@@H]1CCC[C@@H](C)N1CCCNC(=O)[C@H]1CCCN(S(=O)(=O)N2CCOCC2)C1. The number of carbonyl (C=O) groups excluding carboxylic acids is 1. The molecule has 29 heavy (non-hydrogen) atoms. The molecule has 0 aromatic carbocycles. The lowest BCUT2D eigenvalue weighted by molar-refractivity contribution is -0.126. The first kappa shape index (κ1) is 22.9. The number of likely N-dealkylation sites (tertiary alicyclic amines) is 1. The highest BCUT2D eigenvalue weighted by Gasteiger charge is 2.36. The zero-order valence-corrected chi connectivity index (χ0v) is 18.8. The van der Waals surface area contributed by atoms with Crippen LogP contribution in [0.25, 0.3) is 0 Å². The number of hydrogen-bond acceptors (Lipinski definition) is 5. The second kappa shape index (κ2) is 10.5. The molecule has 3 atom stereocenters. The maximum absolute atomic E-state index is 12.9. The maximum Gasteiger partial charge on any atom is 0.282 e. The largest absolute Gasteiger partial charge is 0.379 e. The molecule has 0 radical (unpaired) electrons. The Bertz CT molecular complexity index is 628. The Hall–Kier alpha value is -0.740. The summed E-state index contributed by atoms with van der Waals surface area (Å²) in [6.07, 6.45) is 6.23. The highest BCUT2D eigenvalue weighted by atomic mass is 32.2. The molecule has 0 spiro atoms. The summed E-state index contributed by atoms with van der Waals surface area (Å²) in [5, 5.41) is 3.05. The van der Waals surface area contributed by atoms with Crippen molar-refractivity contribution in [1.82, 2.24) is 18.8 Å². The van der Waals surface area contributed by atoms with E-state index in [1.807, 2.05) is 0 Å². The number of rotatable bonds is 7. The average molecular weight is 431 g/mol. The third kappa shape index (κ3) is 5.91. The number of ether oxygens (including phenoxy) is 1. The molecule has 9 heteroatoms. The van der Waals surface area contributed by atoms with E-state index in [1.165, 1.54) is 27.9 Å². The number of nitrogens with one attached hydrogen (secondary N) is 1. The number of piperidine rings is 2. The van der Waals surface area contributed by atoms with Gasteiger partial charge in [-0.05, 0) is 46.0 Å². The summed E-state index contributed by atoms with van der Waals surface area (Å²) in [5.41, 5.74) is 0. The molecule has 0 aliphatic carbocycles. The molecular weight excluding hydrogens is 392 g/mol. The molecule has 0 aromatic heterocycles. The van der Waals surface area contributed by atoms with Crippen LogP contribution in [-0.2, 0) is 19.7 Å². The van der Waals surface area contributed by atoms with Crippen molar-refractivity contribution in [2.45, 2.75) is 64.5 Å². The summed E-state index contributed by atoms with van der Waals surface area (Å²) >= 11 is 0. The quantitative estimate of drug-likeness (QED) is 0.611. The van der Waals surface area contributed by atoms with Gasteiger partial charge in [0.15, 0.2) is 0 Å². The van der Waals surface area contributed by atoms with Gasteiger partial charge in [0.2, 0.25) is 5.91 Å². The zero-order chi connectivity index (χ0) is 20.9. The van der Waals surface area contributed by atoms with Gasteiger partial charge < -0.3 is 10.1 Å². The Morgan fingerprint density at radius 3 is 2.38 bits per heavy atom. The van der Waals surface area contributed by atoms with Gasteiger partial charge in [0, 0.05) is 51.4 Å². The number of hydrogen-bond donors (Lipinski definition) is 1. The fraction of sp³-hybridized carbons (Fsp3) is 0.950. The summed E-state index contributed by atoms with van der Waals surface area (Å²) in [4.78, 5) is 15.2. The van der Waals surface area contributed by atoms with E-state index in [-0.39, 0.29) is 18.4 Å². The lowest BCUT2D eigenvalue weighted by atomic mass is 9.97. The summed E-state index contributed by atoms with van der Waals surface area (Å²) < 4.78 is 34.0.